The molecule has 5 nitrogen and oxygen atoms in total. The van der Waals surface area contributed by atoms with Crippen molar-refractivity contribution in [1.82, 2.24) is 4.90 Å². The van der Waals surface area contributed by atoms with E-state index in [4.69, 9.17) is 9.47 Å². The molecular formula is C18H23NO4. The first-order chi connectivity index (χ1) is 10.8. The first-order valence-corrected chi connectivity index (χ1v) is 7.65. The minimum absolute atomic E-state index is 0.144. The van der Waals surface area contributed by atoms with Gasteiger partial charge in [0.05, 0.1) is 12.6 Å². The Morgan fingerprint density at radius 3 is 2.57 bits per heavy atom. The number of allylic oxidation sites excluding steroid dienone is 1. The minimum Gasteiger partial charge on any atom is -0.444 e. The summed E-state index contributed by atoms with van der Waals surface area (Å²) >= 11 is 0. The molecule has 1 fully saturated rings. The summed E-state index contributed by atoms with van der Waals surface area (Å²) in [6, 6.07) is 9.16. The van der Waals surface area contributed by atoms with Crippen LogP contribution in [0.1, 0.15) is 38.8 Å². The summed E-state index contributed by atoms with van der Waals surface area (Å²) in [5.74, 6) is -0.204. The molecule has 1 aliphatic rings. The monoisotopic (exact) mass is 317 g/mol. The molecule has 2 atom stereocenters. The Morgan fingerprint density at radius 1 is 1.35 bits per heavy atom. The molecule has 0 spiro atoms. The van der Waals surface area contributed by atoms with Gasteiger partial charge in [-0.1, -0.05) is 36.4 Å². The molecule has 1 heterocycles. The third-order valence-electron chi connectivity index (χ3n) is 3.41. The van der Waals surface area contributed by atoms with E-state index >= 15 is 0 Å². The maximum absolute atomic E-state index is 12.6. The third-order valence-corrected chi connectivity index (χ3v) is 3.41. The Hall–Kier alpha value is -2.14. The molecule has 0 saturated carbocycles. The van der Waals surface area contributed by atoms with Crippen LogP contribution >= 0.6 is 0 Å². The molecule has 124 valence electrons. The van der Waals surface area contributed by atoms with Crippen molar-refractivity contribution < 1.29 is 19.1 Å². The predicted octanol–water partition coefficient (Wildman–Crippen LogP) is 3.47. The smallest absolute Gasteiger partial charge is 0.413 e. The van der Waals surface area contributed by atoms with Gasteiger partial charge >= 0.3 is 6.09 Å². The number of benzene rings is 1. The molecule has 1 aromatic rings. The van der Waals surface area contributed by atoms with E-state index in [-0.39, 0.29) is 24.9 Å². The molecule has 0 bridgehead atoms. The number of amides is 1. The molecule has 0 aromatic heterocycles. The van der Waals surface area contributed by atoms with Gasteiger partial charge in [-0.2, -0.15) is 0 Å². The van der Waals surface area contributed by atoms with Gasteiger partial charge in [-0.3, -0.25) is 9.69 Å². The van der Waals surface area contributed by atoms with E-state index in [9.17, 15) is 9.59 Å². The van der Waals surface area contributed by atoms with Crippen LogP contribution in [0.4, 0.5) is 4.79 Å². The van der Waals surface area contributed by atoms with Gasteiger partial charge in [-0.05, 0) is 26.3 Å². The molecule has 5 heteroatoms. The van der Waals surface area contributed by atoms with E-state index in [2.05, 4.69) is 6.58 Å². The van der Waals surface area contributed by atoms with Gasteiger partial charge < -0.3 is 9.47 Å². The van der Waals surface area contributed by atoms with Crippen molar-refractivity contribution in [3.05, 3.63) is 48.6 Å². The van der Waals surface area contributed by atoms with Crippen LogP contribution in [0.3, 0.4) is 0 Å². The first kappa shape index (κ1) is 17.2. The summed E-state index contributed by atoms with van der Waals surface area (Å²) in [6.45, 7) is 9.20. The zero-order valence-electron chi connectivity index (χ0n) is 13.8. The molecule has 23 heavy (non-hydrogen) atoms. The van der Waals surface area contributed by atoms with Gasteiger partial charge in [-0.15, -0.1) is 6.58 Å². The fraction of sp³-hybridized carbons (Fsp3) is 0.444. The lowest BCUT2D eigenvalue weighted by Crippen LogP contribution is -2.45. The fourth-order valence-electron chi connectivity index (χ4n) is 2.47. The van der Waals surface area contributed by atoms with Crippen molar-refractivity contribution in [1.29, 1.82) is 0 Å². The Balaban J connectivity index is 2.30. The summed E-state index contributed by atoms with van der Waals surface area (Å²) < 4.78 is 11.1. The molecular weight excluding hydrogens is 294 g/mol. The highest BCUT2D eigenvalue weighted by molar-refractivity contribution is 5.87. The highest BCUT2D eigenvalue weighted by Gasteiger charge is 2.44. The van der Waals surface area contributed by atoms with E-state index in [0.717, 1.165) is 5.56 Å². The second-order valence-corrected chi connectivity index (χ2v) is 6.46. The molecule has 0 radical (unpaired) electrons. The number of Topliss-reactive ketones (excluding diaryl/α,β-unsaturated/α-hetero) is 1. The summed E-state index contributed by atoms with van der Waals surface area (Å²) in [7, 11) is 0. The highest BCUT2D eigenvalue weighted by Crippen LogP contribution is 2.32. The number of hydrogen-bond donors (Lipinski definition) is 0. The van der Waals surface area contributed by atoms with Crippen LogP contribution in [-0.2, 0) is 14.3 Å². The first-order valence-electron chi connectivity index (χ1n) is 7.65. The van der Waals surface area contributed by atoms with Gasteiger partial charge in [0.25, 0.3) is 0 Å². The lowest BCUT2D eigenvalue weighted by molar-refractivity contribution is -0.133. The van der Waals surface area contributed by atoms with Crippen LogP contribution < -0.4 is 0 Å². The number of hydrogen-bond acceptors (Lipinski definition) is 4. The fourth-order valence-corrected chi connectivity index (χ4v) is 2.47. The van der Waals surface area contributed by atoms with E-state index in [0.29, 0.717) is 0 Å². The Labute approximate surface area is 136 Å². The summed E-state index contributed by atoms with van der Waals surface area (Å²) in [5, 5.41) is 0. The van der Waals surface area contributed by atoms with Crippen molar-refractivity contribution in [2.24, 2.45) is 0 Å². The van der Waals surface area contributed by atoms with Gasteiger partial charge in [0.2, 0.25) is 0 Å². The second-order valence-electron chi connectivity index (χ2n) is 6.46. The maximum atomic E-state index is 12.6. The average Bonchev–Trinajstić information content (AvgIpc) is 2.91. The van der Waals surface area contributed by atoms with Crippen LogP contribution in [-0.4, -0.2) is 35.2 Å². The molecule has 0 unspecified atom stereocenters. The standard InChI is InChI=1S/C18H23NO4/c1-5-9-15(20)16-19(17(21)23-18(2,3)4)14(12-22-16)13-10-7-6-8-11-13/h5-8,10-11,14,16H,1,9,12H2,2-4H3/t14-,16+/m1/s1. The molecule has 1 aliphatic heterocycles. The van der Waals surface area contributed by atoms with Crippen molar-refractivity contribution in [3.63, 3.8) is 0 Å². The SMILES string of the molecule is C=CCC(=O)[C@@H]1OC[C@H](c2ccccc2)N1C(=O)OC(C)(C)C. The molecule has 0 N–H and O–H groups in total. The zero-order chi connectivity index (χ0) is 17.0. The van der Waals surface area contributed by atoms with Gasteiger partial charge in [0.1, 0.15) is 5.60 Å². The highest BCUT2D eigenvalue weighted by atomic mass is 16.6. The topological polar surface area (TPSA) is 55.8 Å². The van der Waals surface area contributed by atoms with Gasteiger partial charge in [0.15, 0.2) is 12.0 Å². The zero-order valence-corrected chi connectivity index (χ0v) is 13.8. The lowest BCUT2D eigenvalue weighted by atomic mass is 10.1. The Kier molecular flexibility index (Phi) is 5.21. The number of carbonyl (C=O) groups is 2. The minimum atomic E-state index is -0.937. The molecule has 0 aliphatic carbocycles. The summed E-state index contributed by atoms with van der Waals surface area (Å²) in [6.07, 6.45) is 0.166. The van der Waals surface area contributed by atoms with Crippen LogP contribution in [0, 0.1) is 0 Å². The van der Waals surface area contributed by atoms with Crippen LogP contribution in [0.25, 0.3) is 0 Å². The van der Waals surface area contributed by atoms with Gasteiger partial charge in [-0.25, -0.2) is 4.79 Å². The lowest BCUT2D eigenvalue weighted by Gasteiger charge is -2.30. The number of carbonyl (C=O) groups excluding carboxylic acids is 2. The van der Waals surface area contributed by atoms with E-state index in [1.165, 1.54) is 11.0 Å². The Morgan fingerprint density at radius 2 is 2.00 bits per heavy atom. The van der Waals surface area contributed by atoms with Crippen LogP contribution in [0.2, 0.25) is 0 Å². The quantitative estimate of drug-likeness (QED) is 0.798. The third kappa shape index (κ3) is 4.20. The number of ketones is 1. The normalized spacial score (nSPS) is 21.1. The largest absolute Gasteiger partial charge is 0.444 e. The van der Waals surface area contributed by atoms with Crippen LogP contribution in [0.15, 0.2) is 43.0 Å². The van der Waals surface area contributed by atoms with Gasteiger partial charge in [0, 0.05) is 6.42 Å². The Bertz CT molecular complexity index is 576. The van der Waals surface area contributed by atoms with Crippen molar-refractivity contribution >= 4 is 11.9 Å². The molecule has 2 rings (SSSR count). The molecule has 1 amide bonds. The molecule has 1 saturated heterocycles. The van der Waals surface area contributed by atoms with Crippen molar-refractivity contribution in [2.45, 2.75) is 45.1 Å². The summed E-state index contributed by atoms with van der Waals surface area (Å²) in [5.41, 5.74) is 0.264. The maximum Gasteiger partial charge on any atom is 0.413 e. The van der Waals surface area contributed by atoms with E-state index in [1.54, 1.807) is 20.8 Å². The summed E-state index contributed by atoms with van der Waals surface area (Å²) in [4.78, 5) is 26.3. The molecule has 1 aromatic carbocycles. The second kappa shape index (κ2) is 6.96. The number of nitrogens with zero attached hydrogens (tertiary/aromatic N) is 1. The number of rotatable bonds is 4. The van der Waals surface area contributed by atoms with E-state index < -0.39 is 17.9 Å². The van der Waals surface area contributed by atoms with E-state index in [1.807, 2.05) is 30.3 Å². The van der Waals surface area contributed by atoms with Crippen molar-refractivity contribution in [2.75, 3.05) is 6.61 Å². The van der Waals surface area contributed by atoms with Crippen LogP contribution in [0.5, 0.6) is 0 Å². The predicted molar refractivity (Wildman–Crippen MR) is 86.8 cm³/mol. The number of ether oxygens (including phenoxy) is 2. The van der Waals surface area contributed by atoms with Crippen molar-refractivity contribution in [3.8, 4) is 0 Å². The average molecular weight is 317 g/mol.